The van der Waals surface area contributed by atoms with Crippen LogP contribution in [0.5, 0.6) is 0 Å². The number of amides is 3. The third-order valence-electron chi connectivity index (χ3n) is 7.28. The molecule has 3 N–H and O–H groups in total. The molecule has 180 valence electrons. The summed E-state index contributed by atoms with van der Waals surface area (Å²) < 4.78 is 6.38. The number of carbonyl (C=O) groups is 3. The molecule has 8 nitrogen and oxygen atoms in total. The molecule has 33 heavy (non-hydrogen) atoms. The summed E-state index contributed by atoms with van der Waals surface area (Å²) in [5.41, 5.74) is -0.671. The number of benzene rings is 1. The molecule has 9 heteroatoms. The highest BCUT2D eigenvalue weighted by Crippen LogP contribution is 2.59. The highest BCUT2D eigenvalue weighted by atomic mass is 35.5. The fraction of sp³-hybridized carbons (Fsp3) is 0.625. The minimum Gasteiger partial charge on any atom is -0.394 e. The predicted octanol–water partition coefficient (Wildman–Crippen LogP) is 2.20. The number of hydrogen-bond acceptors (Lipinski definition) is 5. The molecule has 3 amide bonds. The van der Waals surface area contributed by atoms with E-state index in [1.54, 1.807) is 24.3 Å². The van der Waals surface area contributed by atoms with Gasteiger partial charge in [0.25, 0.3) is 0 Å². The maximum absolute atomic E-state index is 13.8. The number of nitrogens with one attached hydrogen (secondary N) is 2. The Hall–Kier alpha value is -2.16. The highest BCUT2D eigenvalue weighted by Gasteiger charge is 2.75. The van der Waals surface area contributed by atoms with E-state index in [1.165, 1.54) is 4.90 Å². The van der Waals surface area contributed by atoms with Gasteiger partial charge in [-0.1, -0.05) is 44.5 Å². The fourth-order valence-electron chi connectivity index (χ4n) is 5.80. The van der Waals surface area contributed by atoms with Gasteiger partial charge in [-0.3, -0.25) is 14.4 Å². The Morgan fingerprint density at radius 1 is 1.30 bits per heavy atom. The van der Waals surface area contributed by atoms with Crippen molar-refractivity contribution in [1.82, 2.24) is 10.2 Å². The summed E-state index contributed by atoms with van der Waals surface area (Å²) in [5.74, 6) is -2.45. The lowest BCUT2D eigenvalue weighted by Crippen LogP contribution is -2.57. The third-order valence-corrected chi connectivity index (χ3v) is 7.61. The Balaban J connectivity index is 1.74. The van der Waals surface area contributed by atoms with Crippen LogP contribution in [0.15, 0.2) is 24.3 Å². The summed E-state index contributed by atoms with van der Waals surface area (Å²) in [6.45, 7) is 5.98. The third kappa shape index (κ3) is 3.82. The maximum Gasteiger partial charge on any atom is 0.250 e. The minimum atomic E-state index is -1.11. The predicted molar refractivity (Wildman–Crippen MR) is 124 cm³/mol. The van der Waals surface area contributed by atoms with Gasteiger partial charge in [0, 0.05) is 6.54 Å². The molecule has 3 aliphatic rings. The SMILES string of the molecule is CCCNC(=O)[C@@H]1[C@@H]2CCC3(O2)C(C(=O)Nc2ccccc2Cl)N([C@@H](CO)C(C)C)C(=O)[C@H]13. The van der Waals surface area contributed by atoms with Crippen LogP contribution in [0.25, 0.3) is 0 Å². The molecule has 1 spiro atoms. The van der Waals surface area contributed by atoms with Gasteiger partial charge in [0.1, 0.15) is 11.6 Å². The lowest BCUT2D eigenvalue weighted by Gasteiger charge is -2.38. The molecule has 2 unspecified atom stereocenters. The number of hydrogen-bond donors (Lipinski definition) is 3. The molecule has 1 aromatic rings. The van der Waals surface area contributed by atoms with Crippen molar-refractivity contribution in [2.45, 2.75) is 63.8 Å². The Morgan fingerprint density at radius 2 is 2.03 bits per heavy atom. The molecule has 2 bridgehead atoms. The first kappa shape index (κ1) is 24.0. The second-order valence-electron chi connectivity index (χ2n) is 9.56. The number of ether oxygens (including phenoxy) is 1. The van der Waals surface area contributed by atoms with Gasteiger partial charge in [0.05, 0.1) is 41.3 Å². The minimum absolute atomic E-state index is 0.102. The van der Waals surface area contributed by atoms with Gasteiger partial charge in [0.2, 0.25) is 17.7 Å². The van der Waals surface area contributed by atoms with E-state index in [2.05, 4.69) is 10.6 Å². The molecule has 4 rings (SSSR count). The second-order valence-corrected chi connectivity index (χ2v) is 9.96. The average molecular weight is 478 g/mol. The monoisotopic (exact) mass is 477 g/mol. The van der Waals surface area contributed by atoms with Crippen LogP contribution in [0, 0.1) is 17.8 Å². The van der Waals surface area contributed by atoms with E-state index in [0.29, 0.717) is 30.1 Å². The molecular weight excluding hydrogens is 446 g/mol. The van der Waals surface area contributed by atoms with E-state index in [0.717, 1.165) is 6.42 Å². The van der Waals surface area contributed by atoms with Gasteiger partial charge in [-0.15, -0.1) is 0 Å². The van der Waals surface area contributed by atoms with Crippen LogP contribution in [0.4, 0.5) is 5.69 Å². The van der Waals surface area contributed by atoms with Crippen molar-refractivity contribution in [1.29, 1.82) is 0 Å². The summed E-state index contributed by atoms with van der Waals surface area (Å²) in [5, 5.41) is 16.3. The topological polar surface area (TPSA) is 108 Å². The number of fused-ring (bicyclic) bond motifs is 1. The summed E-state index contributed by atoms with van der Waals surface area (Å²) >= 11 is 6.26. The summed E-state index contributed by atoms with van der Waals surface area (Å²) in [4.78, 5) is 42.1. The van der Waals surface area contributed by atoms with Crippen LogP contribution >= 0.6 is 11.6 Å². The molecule has 3 aliphatic heterocycles. The normalized spacial score (nSPS) is 31.1. The quantitative estimate of drug-likeness (QED) is 0.532. The van der Waals surface area contributed by atoms with E-state index in [1.807, 2.05) is 20.8 Å². The molecule has 0 aliphatic carbocycles. The van der Waals surface area contributed by atoms with Gasteiger partial charge in [-0.2, -0.15) is 0 Å². The van der Waals surface area contributed by atoms with Crippen molar-refractivity contribution in [3.63, 3.8) is 0 Å². The van der Waals surface area contributed by atoms with Crippen LogP contribution < -0.4 is 10.6 Å². The smallest absolute Gasteiger partial charge is 0.250 e. The number of nitrogens with zero attached hydrogens (tertiary/aromatic N) is 1. The van der Waals surface area contributed by atoms with Crippen molar-refractivity contribution in [2.24, 2.45) is 17.8 Å². The molecule has 0 saturated carbocycles. The molecular formula is C24H32ClN3O5. The molecule has 0 aromatic heterocycles. The fourth-order valence-corrected chi connectivity index (χ4v) is 5.98. The number of aliphatic hydroxyl groups is 1. The summed E-state index contributed by atoms with van der Waals surface area (Å²) in [6, 6.07) is 5.33. The first-order chi connectivity index (χ1) is 15.8. The van der Waals surface area contributed by atoms with Gasteiger partial charge < -0.3 is 25.4 Å². The molecule has 3 heterocycles. The number of halogens is 1. The van der Waals surface area contributed by atoms with Crippen molar-refractivity contribution in [3.8, 4) is 0 Å². The summed E-state index contributed by atoms with van der Waals surface area (Å²) in [6.07, 6.45) is 1.48. The standard InChI is InChI=1S/C24H32ClN3O5/c1-4-11-26-21(30)18-17-9-10-24(33-17)19(18)23(32)28(16(12-29)13(2)3)20(24)22(31)27-15-8-6-5-7-14(15)25/h5-8,13,16-20,29H,4,9-12H2,1-3H3,(H,26,30)(H,27,31)/t16-,17-,18+,19-,20?,24?/m0/s1. The Kier molecular flexibility index (Phi) is 6.71. The van der Waals surface area contributed by atoms with Crippen LogP contribution in [0.1, 0.15) is 40.0 Å². The zero-order valence-corrected chi connectivity index (χ0v) is 20.0. The molecule has 3 fully saturated rings. The van der Waals surface area contributed by atoms with E-state index in [4.69, 9.17) is 16.3 Å². The Bertz CT molecular complexity index is 940. The van der Waals surface area contributed by atoms with Gasteiger partial charge >= 0.3 is 0 Å². The zero-order chi connectivity index (χ0) is 23.9. The van der Waals surface area contributed by atoms with Gasteiger partial charge in [-0.05, 0) is 37.3 Å². The highest BCUT2D eigenvalue weighted by molar-refractivity contribution is 6.33. The molecule has 3 saturated heterocycles. The number of carbonyl (C=O) groups excluding carboxylic acids is 3. The molecule has 0 radical (unpaired) electrons. The van der Waals surface area contributed by atoms with E-state index < -0.39 is 41.5 Å². The van der Waals surface area contributed by atoms with Gasteiger partial charge in [0.15, 0.2) is 0 Å². The van der Waals surface area contributed by atoms with Crippen LogP contribution in [-0.4, -0.2) is 64.7 Å². The van der Waals surface area contributed by atoms with Crippen molar-refractivity contribution in [3.05, 3.63) is 29.3 Å². The van der Waals surface area contributed by atoms with E-state index in [-0.39, 0.29) is 24.3 Å². The largest absolute Gasteiger partial charge is 0.394 e. The average Bonchev–Trinajstić information content (AvgIpc) is 3.42. The van der Waals surface area contributed by atoms with Crippen molar-refractivity contribution < 1.29 is 24.2 Å². The van der Waals surface area contributed by atoms with E-state index in [9.17, 15) is 19.5 Å². The number of likely N-dealkylation sites (tertiary alicyclic amines) is 1. The van der Waals surface area contributed by atoms with Crippen LogP contribution in [-0.2, 0) is 19.1 Å². The first-order valence-corrected chi connectivity index (χ1v) is 12.1. The van der Waals surface area contributed by atoms with Gasteiger partial charge in [-0.25, -0.2) is 0 Å². The maximum atomic E-state index is 13.8. The number of aliphatic hydroxyl groups excluding tert-OH is 1. The molecule has 6 atom stereocenters. The number of anilines is 1. The van der Waals surface area contributed by atoms with Crippen LogP contribution in [0.3, 0.4) is 0 Å². The van der Waals surface area contributed by atoms with Crippen molar-refractivity contribution in [2.75, 3.05) is 18.5 Å². The Labute approximate surface area is 199 Å². The lowest BCUT2D eigenvalue weighted by atomic mass is 9.70. The lowest BCUT2D eigenvalue weighted by molar-refractivity contribution is -0.145. The van der Waals surface area contributed by atoms with Crippen LogP contribution in [0.2, 0.25) is 5.02 Å². The molecule has 1 aromatic carbocycles. The first-order valence-electron chi connectivity index (χ1n) is 11.7. The van der Waals surface area contributed by atoms with Crippen molar-refractivity contribution >= 4 is 35.0 Å². The van der Waals surface area contributed by atoms with E-state index >= 15 is 0 Å². The number of para-hydroxylation sites is 1. The zero-order valence-electron chi connectivity index (χ0n) is 19.2. The summed E-state index contributed by atoms with van der Waals surface area (Å²) in [7, 11) is 0. The second kappa shape index (κ2) is 9.24. The Morgan fingerprint density at radius 3 is 2.67 bits per heavy atom. The number of rotatable bonds is 8.